The van der Waals surface area contributed by atoms with Crippen molar-refractivity contribution >= 4 is 0 Å². The third-order valence-corrected chi connectivity index (χ3v) is 3.65. The molecular formula is C16H24N4. The second kappa shape index (κ2) is 6.66. The van der Waals surface area contributed by atoms with Gasteiger partial charge in [0.25, 0.3) is 0 Å². The SMILES string of the molecule is CCNC(Cc1ncnn1C)c1ccc(C(C)C)cc1. The number of nitrogens with one attached hydrogen (secondary N) is 1. The van der Waals surface area contributed by atoms with Gasteiger partial charge in [-0.15, -0.1) is 0 Å². The van der Waals surface area contributed by atoms with Gasteiger partial charge in [0.15, 0.2) is 0 Å². The summed E-state index contributed by atoms with van der Waals surface area (Å²) in [6, 6.07) is 9.17. The van der Waals surface area contributed by atoms with E-state index in [1.807, 2.05) is 11.7 Å². The molecule has 108 valence electrons. The first-order valence-electron chi connectivity index (χ1n) is 7.28. The summed E-state index contributed by atoms with van der Waals surface area (Å²) in [6.07, 6.45) is 2.46. The first-order valence-corrected chi connectivity index (χ1v) is 7.28. The van der Waals surface area contributed by atoms with Crippen LogP contribution < -0.4 is 5.32 Å². The molecule has 1 aromatic heterocycles. The van der Waals surface area contributed by atoms with Gasteiger partial charge in [-0.2, -0.15) is 5.10 Å². The highest BCUT2D eigenvalue weighted by Gasteiger charge is 2.14. The highest BCUT2D eigenvalue weighted by atomic mass is 15.3. The zero-order valence-corrected chi connectivity index (χ0v) is 12.8. The van der Waals surface area contributed by atoms with E-state index in [2.05, 4.69) is 60.4 Å². The van der Waals surface area contributed by atoms with Crippen molar-refractivity contribution in [1.29, 1.82) is 0 Å². The van der Waals surface area contributed by atoms with Crippen molar-refractivity contribution in [2.24, 2.45) is 7.05 Å². The molecule has 0 radical (unpaired) electrons. The van der Waals surface area contributed by atoms with Crippen molar-refractivity contribution < 1.29 is 0 Å². The van der Waals surface area contributed by atoms with E-state index in [1.165, 1.54) is 11.1 Å². The summed E-state index contributed by atoms with van der Waals surface area (Å²) in [7, 11) is 1.94. The Kier molecular flexibility index (Phi) is 4.90. The van der Waals surface area contributed by atoms with E-state index in [0.717, 1.165) is 18.8 Å². The minimum atomic E-state index is 0.282. The minimum absolute atomic E-state index is 0.282. The molecule has 1 unspecified atom stereocenters. The van der Waals surface area contributed by atoms with E-state index < -0.39 is 0 Å². The molecule has 0 spiro atoms. The molecule has 1 aromatic carbocycles. The Bertz CT molecular complexity index is 528. The monoisotopic (exact) mass is 272 g/mol. The van der Waals surface area contributed by atoms with E-state index in [1.54, 1.807) is 6.33 Å². The van der Waals surface area contributed by atoms with Crippen LogP contribution in [-0.4, -0.2) is 21.3 Å². The summed E-state index contributed by atoms with van der Waals surface area (Å²) >= 11 is 0. The van der Waals surface area contributed by atoms with Gasteiger partial charge in [0.1, 0.15) is 12.2 Å². The molecule has 1 heterocycles. The molecule has 4 nitrogen and oxygen atoms in total. The highest BCUT2D eigenvalue weighted by Crippen LogP contribution is 2.21. The molecule has 0 saturated carbocycles. The number of nitrogens with zero attached hydrogens (tertiary/aromatic N) is 3. The number of aromatic nitrogens is 3. The van der Waals surface area contributed by atoms with Gasteiger partial charge in [0.05, 0.1) is 0 Å². The molecule has 2 aromatic rings. The zero-order valence-electron chi connectivity index (χ0n) is 12.8. The van der Waals surface area contributed by atoms with Gasteiger partial charge in [-0.25, -0.2) is 4.98 Å². The lowest BCUT2D eigenvalue weighted by Crippen LogP contribution is -2.24. The Balaban J connectivity index is 2.17. The highest BCUT2D eigenvalue weighted by molar-refractivity contribution is 5.27. The maximum atomic E-state index is 4.32. The van der Waals surface area contributed by atoms with Gasteiger partial charge in [-0.1, -0.05) is 45.0 Å². The molecule has 4 heteroatoms. The largest absolute Gasteiger partial charge is 0.310 e. The summed E-state index contributed by atoms with van der Waals surface area (Å²) in [4.78, 5) is 4.32. The van der Waals surface area contributed by atoms with Crippen molar-refractivity contribution in [3.63, 3.8) is 0 Å². The molecule has 20 heavy (non-hydrogen) atoms. The summed E-state index contributed by atoms with van der Waals surface area (Å²) in [5.74, 6) is 1.57. The lowest BCUT2D eigenvalue weighted by atomic mass is 9.97. The third-order valence-electron chi connectivity index (χ3n) is 3.65. The maximum Gasteiger partial charge on any atom is 0.138 e. The van der Waals surface area contributed by atoms with Gasteiger partial charge >= 0.3 is 0 Å². The van der Waals surface area contributed by atoms with Crippen LogP contribution in [-0.2, 0) is 13.5 Å². The van der Waals surface area contributed by atoms with E-state index in [-0.39, 0.29) is 6.04 Å². The zero-order chi connectivity index (χ0) is 14.5. The standard InChI is InChI=1S/C16H24N4/c1-5-17-15(10-16-18-11-19-20(16)4)14-8-6-13(7-9-14)12(2)3/h6-9,11-12,15,17H,5,10H2,1-4H3. The molecule has 1 atom stereocenters. The fourth-order valence-electron chi connectivity index (χ4n) is 2.36. The second-order valence-electron chi connectivity index (χ2n) is 5.44. The van der Waals surface area contributed by atoms with Gasteiger partial charge in [-0.3, -0.25) is 4.68 Å². The van der Waals surface area contributed by atoms with Crippen LogP contribution in [0, 0.1) is 0 Å². The van der Waals surface area contributed by atoms with Crippen molar-refractivity contribution in [3.05, 3.63) is 47.5 Å². The average molecular weight is 272 g/mol. The van der Waals surface area contributed by atoms with Crippen molar-refractivity contribution in [2.75, 3.05) is 6.54 Å². The van der Waals surface area contributed by atoms with Crippen LogP contribution in [0.3, 0.4) is 0 Å². The summed E-state index contributed by atoms with van der Waals surface area (Å²) in [5.41, 5.74) is 2.68. The predicted octanol–water partition coefficient (Wildman–Crippen LogP) is 2.83. The molecule has 0 aliphatic heterocycles. The van der Waals surface area contributed by atoms with E-state index >= 15 is 0 Å². The number of likely N-dealkylation sites (N-methyl/N-ethyl adjacent to an activating group) is 1. The molecule has 0 saturated heterocycles. The van der Waals surface area contributed by atoms with Crippen LogP contribution in [0.1, 0.15) is 49.7 Å². The normalized spacial score (nSPS) is 12.8. The molecular weight excluding hydrogens is 248 g/mol. The second-order valence-corrected chi connectivity index (χ2v) is 5.44. The quantitative estimate of drug-likeness (QED) is 0.879. The smallest absolute Gasteiger partial charge is 0.138 e. The summed E-state index contributed by atoms with van der Waals surface area (Å²) in [5, 5.41) is 7.67. The number of hydrogen-bond donors (Lipinski definition) is 1. The molecule has 0 fully saturated rings. The van der Waals surface area contributed by atoms with Crippen molar-refractivity contribution in [2.45, 2.75) is 39.2 Å². The van der Waals surface area contributed by atoms with Crippen LogP contribution in [0.5, 0.6) is 0 Å². The lowest BCUT2D eigenvalue weighted by Gasteiger charge is -2.18. The van der Waals surface area contributed by atoms with Gasteiger partial charge in [0.2, 0.25) is 0 Å². The first kappa shape index (κ1) is 14.7. The average Bonchev–Trinajstić information content (AvgIpc) is 2.84. The van der Waals surface area contributed by atoms with E-state index in [0.29, 0.717) is 5.92 Å². The maximum absolute atomic E-state index is 4.32. The fourth-order valence-corrected chi connectivity index (χ4v) is 2.36. The molecule has 0 bridgehead atoms. The number of hydrogen-bond acceptors (Lipinski definition) is 3. The van der Waals surface area contributed by atoms with Crippen molar-refractivity contribution in [1.82, 2.24) is 20.1 Å². The Morgan fingerprint density at radius 2 is 1.80 bits per heavy atom. The minimum Gasteiger partial charge on any atom is -0.310 e. The Hall–Kier alpha value is -1.68. The summed E-state index contributed by atoms with van der Waals surface area (Å²) in [6.45, 7) is 7.51. The van der Waals surface area contributed by atoms with Crippen LogP contribution in [0.25, 0.3) is 0 Å². The van der Waals surface area contributed by atoms with Crippen LogP contribution in [0.2, 0.25) is 0 Å². The Labute approximate surface area is 121 Å². The molecule has 1 N–H and O–H groups in total. The van der Waals surface area contributed by atoms with Crippen LogP contribution >= 0.6 is 0 Å². The van der Waals surface area contributed by atoms with Crippen molar-refractivity contribution in [3.8, 4) is 0 Å². The molecule has 0 aliphatic rings. The third kappa shape index (κ3) is 3.45. The van der Waals surface area contributed by atoms with Crippen LogP contribution in [0.15, 0.2) is 30.6 Å². The van der Waals surface area contributed by atoms with Gasteiger partial charge in [-0.05, 0) is 23.6 Å². The van der Waals surface area contributed by atoms with E-state index in [4.69, 9.17) is 0 Å². The predicted molar refractivity (Wildman–Crippen MR) is 81.7 cm³/mol. The summed E-state index contributed by atoms with van der Waals surface area (Å²) < 4.78 is 1.84. The lowest BCUT2D eigenvalue weighted by molar-refractivity contribution is 0.522. The number of aryl methyl sites for hydroxylation is 1. The first-order chi connectivity index (χ1) is 9.61. The number of benzene rings is 1. The van der Waals surface area contributed by atoms with Gasteiger partial charge < -0.3 is 5.32 Å². The fraction of sp³-hybridized carbons (Fsp3) is 0.500. The number of rotatable bonds is 6. The topological polar surface area (TPSA) is 42.7 Å². The van der Waals surface area contributed by atoms with Crippen LogP contribution in [0.4, 0.5) is 0 Å². The van der Waals surface area contributed by atoms with Gasteiger partial charge in [0, 0.05) is 19.5 Å². The van der Waals surface area contributed by atoms with E-state index in [9.17, 15) is 0 Å². The molecule has 0 amide bonds. The molecule has 0 aliphatic carbocycles. The molecule has 2 rings (SSSR count). The Morgan fingerprint density at radius 3 is 2.30 bits per heavy atom. The Morgan fingerprint density at radius 1 is 1.15 bits per heavy atom.